The van der Waals surface area contributed by atoms with Crippen LogP contribution in [0, 0.1) is 11.8 Å². The Morgan fingerprint density at radius 3 is 2.24 bits per heavy atom. The molecule has 16 heteroatoms. The summed E-state index contributed by atoms with van der Waals surface area (Å²) >= 11 is 0. The molecule has 2 rings (SSSR count). The minimum atomic E-state index is -4.12. The third-order valence-electron chi connectivity index (χ3n) is 6.79. The number of hydrogen-bond acceptors (Lipinski definition) is 11. The molecule has 1 aromatic rings. The van der Waals surface area contributed by atoms with Crippen LogP contribution < -0.4 is 16.3 Å². The molecule has 0 radical (unpaired) electrons. The molecule has 1 fully saturated rings. The summed E-state index contributed by atoms with van der Waals surface area (Å²) in [7, 11) is 0. The van der Waals surface area contributed by atoms with E-state index in [9.17, 15) is 24.0 Å². The molecule has 0 saturated carbocycles. The number of rotatable bonds is 12. The van der Waals surface area contributed by atoms with Crippen molar-refractivity contribution in [1.29, 1.82) is 0 Å². The zero-order valence-electron chi connectivity index (χ0n) is 27.1. The fourth-order valence-electron chi connectivity index (χ4n) is 3.84. The maximum absolute atomic E-state index is 15.9. The second kappa shape index (κ2) is 15.0. The van der Waals surface area contributed by atoms with Crippen LogP contribution in [0.25, 0.3) is 0 Å². The number of hydrogen-bond donors (Lipinski definition) is 2. The van der Waals surface area contributed by atoms with Crippen molar-refractivity contribution < 1.29 is 51.6 Å². The standard InChI is InChI=1S/C29H44F2N4O10/c1-10-11-12-15-41-25(39)33-18-13-14-35(24(38)32-18)22-29(30,31)19(42-20(36)16(2)3)21(43-22)44-23(37)28(9,17(4)5)34-26(40)45-27(6,7)8/h13-14,16-17,19,21-22H,10-12,15H2,1-9H3,(H,34,40)(H,32,33,38,39)/t19-,21-,22-,28?/m1/s1. The maximum atomic E-state index is 15.9. The number of carbonyl (C=O) groups excluding carboxylic acids is 4. The highest BCUT2D eigenvalue weighted by molar-refractivity contribution is 5.86. The highest BCUT2D eigenvalue weighted by Gasteiger charge is 2.65. The smallest absolute Gasteiger partial charge is 0.412 e. The topological polar surface area (TPSA) is 173 Å². The predicted molar refractivity (Wildman–Crippen MR) is 155 cm³/mol. The molecule has 0 spiro atoms. The van der Waals surface area contributed by atoms with Gasteiger partial charge in [-0.3, -0.25) is 14.7 Å². The zero-order valence-corrected chi connectivity index (χ0v) is 27.1. The number of alkyl carbamates (subject to hydrolysis) is 1. The van der Waals surface area contributed by atoms with Crippen LogP contribution in [0.15, 0.2) is 17.1 Å². The third kappa shape index (κ3) is 9.83. The number of nitrogens with zero attached hydrogens (tertiary/aromatic N) is 2. The van der Waals surface area contributed by atoms with E-state index >= 15 is 8.78 Å². The number of alkyl halides is 2. The average molecular weight is 647 g/mol. The Morgan fingerprint density at radius 2 is 1.71 bits per heavy atom. The normalized spacial score (nSPS) is 20.7. The number of esters is 2. The van der Waals surface area contributed by atoms with Gasteiger partial charge in [0.1, 0.15) is 17.0 Å². The number of nitrogens with one attached hydrogen (secondary N) is 2. The molecule has 0 aromatic carbocycles. The van der Waals surface area contributed by atoms with Crippen molar-refractivity contribution in [3.63, 3.8) is 0 Å². The summed E-state index contributed by atoms with van der Waals surface area (Å²) in [5.41, 5.74) is -3.97. The van der Waals surface area contributed by atoms with Crippen LogP contribution in [0.5, 0.6) is 0 Å². The van der Waals surface area contributed by atoms with Crippen LogP contribution in [0.3, 0.4) is 0 Å². The van der Waals surface area contributed by atoms with Crippen molar-refractivity contribution in [1.82, 2.24) is 14.9 Å². The Hall–Kier alpha value is -3.82. The minimum Gasteiger partial charge on any atom is -0.449 e. The highest BCUT2D eigenvalue weighted by Crippen LogP contribution is 2.45. The first-order chi connectivity index (χ1) is 20.7. The largest absolute Gasteiger partial charge is 0.449 e. The van der Waals surface area contributed by atoms with E-state index in [0.717, 1.165) is 25.1 Å². The van der Waals surface area contributed by atoms with E-state index in [1.165, 1.54) is 20.8 Å². The van der Waals surface area contributed by atoms with Gasteiger partial charge in [-0.15, -0.1) is 0 Å². The summed E-state index contributed by atoms with van der Waals surface area (Å²) in [5, 5.41) is 4.65. The summed E-state index contributed by atoms with van der Waals surface area (Å²) < 4.78 is 58.1. The second-order valence-corrected chi connectivity index (χ2v) is 12.4. The summed E-state index contributed by atoms with van der Waals surface area (Å²) in [6, 6.07) is 1.06. The van der Waals surface area contributed by atoms with E-state index in [1.54, 1.807) is 34.6 Å². The van der Waals surface area contributed by atoms with Gasteiger partial charge in [-0.05, 0) is 46.1 Å². The number of ether oxygens (including phenoxy) is 5. The predicted octanol–water partition coefficient (Wildman–Crippen LogP) is 4.52. The van der Waals surface area contributed by atoms with Crippen molar-refractivity contribution in [2.45, 2.75) is 117 Å². The molecular weight excluding hydrogens is 602 g/mol. The number of aromatic nitrogens is 2. The molecule has 1 saturated heterocycles. The molecule has 254 valence electrons. The Labute approximate surface area is 260 Å². The Morgan fingerprint density at radius 1 is 1.07 bits per heavy atom. The molecule has 2 heterocycles. The monoisotopic (exact) mass is 646 g/mol. The third-order valence-corrected chi connectivity index (χ3v) is 6.79. The minimum absolute atomic E-state index is 0.138. The molecule has 1 aromatic heterocycles. The van der Waals surface area contributed by atoms with E-state index in [1.807, 2.05) is 6.92 Å². The number of halogens is 2. The van der Waals surface area contributed by atoms with Crippen molar-refractivity contribution in [3.8, 4) is 0 Å². The molecule has 45 heavy (non-hydrogen) atoms. The molecule has 0 aliphatic carbocycles. The van der Waals surface area contributed by atoms with Gasteiger partial charge in [-0.1, -0.05) is 47.5 Å². The van der Waals surface area contributed by atoms with Crippen LogP contribution in [0.2, 0.25) is 0 Å². The number of amides is 2. The Bertz CT molecular complexity index is 1280. The van der Waals surface area contributed by atoms with Crippen molar-refractivity contribution in [2.24, 2.45) is 11.8 Å². The van der Waals surface area contributed by atoms with Crippen LogP contribution >= 0.6 is 0 Å². The lowest BCUT2D eigenvalue weighted by Gasteiger charge is -2.34. The fraction of sp³-hybridized carbons (Fsp3) is 0.724. The lowest BCUT2D eigenvalue weighted by Crippen LogP contribution is -2.58. The van der Waals surface area contributed by atoms with Gasteiger partial charge in [-0.2, -0.15) is 13.8 Å². The number of carbonyl (C=O) groups is 4. The molecule has 1 aliphatic rings. The lowest BCUT2D eigenvalue weighted by molar-refractivity contribution is -0.209. The van der Waals surface area contributed by atoms with Gasteiger partial charge in [0.25, 0.3) is 0 Å². The number of unbranched alkanes of at least 4 members (excludes halogenated alkanes) is 2. The van der Waals surface area contributed by atoms with Crippen molar-refractivity contribution >= 4 is 29.9 Å². The van der Waals surface area contributed by atoms with Gasteiger partial charge in [0, 0.05) is 6.20 Å². The number of anilines is 1. The average Bonchev–Trinajstić information content (AvgIpc) is 3.14. The first-order valence-electron chi connectivity index (χ1n) is 14.7. The van der Waals surface area contributed by atoms with Crippen LogP contribution in [-0.4, -0.2) is 69.7 Å². The highest BCUT2D eigenvalue weighted by atomic mass is 19.3. The van der Waals surface area contributed by atoms with Gasteiger partial charge >= 0.3 is 35.7 Å². The van der Waals surface area contributed by atoms with Gasteiger partial charge < -0.3 is 29.0 Å². The molecule has 4 atom stereocenters. The van der Waals surface area contributed by atoms with E-state index in [0.29, 0.717) is 11.0 Å². The van der Waals surface area contributed by atoms with Gasteiger partial charge in [0.05, 0.1) is 12.5 Å². The van der Waals surface area contributed by atoms with Gasteiger partial charge in [0.15, 0.2) is 0 Å². The van der Waals surface area contributed by atoms with Gasteiger partial charge in [0.2, 0.25) is 18.6 Å². The summed E-state index contributed by atoms with van der Waals surface area (Å²) in [4.78, 5) is 66.7. The van der Waals surface area contributed by atoms with Gasteiger partial charge in [-0.25, -0.2) is 19.2 Å². The van der Waals surface area contributed by atoms with E-state index < -0.39 is 77.3 Å². The molecule has 1 unspecified atom stereocenters. The Kier molecular flexibility index (Phi) is 12.4. The maximum Gasteiger partial charge on any atom is 0.412 e. The van der Waals surface area contributed by atoms with E-state index in [-0.39, 0.29) is 12.4 Å². The molecule has 2 N–H and O–H groups in total. The van der Waals surface area contributed by atoms with Crippen LogP contribution in [0.4, 0.5) is 24.2 Å². The van der Waals surface area contributed by atoms with Crippen molar-refractivity contribution in [2.75, 3.05) is 11.9 Å². The van der Waals surface area contributed by atoms with Crippen molar-refractivity contribution in [3.05, 3.63) is 22.7 Å². The van der Waals surface area contributed by atoms with E-state index in [2.05, 4.69) is 15.6 Å². The molecule has 14 nitrogen and oxygen atoms in total. The SMILES string of the molecule is CCCCCOC(=O)Nc1ccn([C@@H]2O[C@H](OC(=O)C(C)(NC(=O)OC(C)(C)C)C(C)C)[C@@H](OC(=O)C(C)C)C2(F)F)c(=O)n1. The first kappa shape index (κ1) is 37.4. The van der Waals surface area contributed by atoms with E-state index in [4.69, 9.17) is 23.7 Å². The summed E-state index contributed by atoms with van der Waals surface area (Å²) in [6.45, 7) is 14.2. The fourth-order valence-corrected chi connectivity index (χ4v) is 3.84. The second-order valence-electron chi connectivity index (χ2n) is 12.4. The first-order valence-corrected chi connectivity index (χ1v) is 14.7. The quantitative estimate of drug-likeness (QED) is 0.186. The molecule has 1 aliphatic heterocycles. The van der Waals surface area contributed by atoms with Crippen LogP contribution in [0.1, 0.15) is 87.8 Å². The molecule has 0 bridgehead atoms. The molecule has 2 amide bonds. The summed E-state index contributed by atoms with van der Waals surface area (Å²) in [6.07, 6.45) is -5.72. The lowest BCUT2D eigenvalue weighted by atomic mass is 9.88. The van der Waals surface area contributed by atoms with Crippen LogP contribution in [-0.2, 0) is 33.3 Å². The Balaban J connectivity index is 2.37. The molecular formula is C29H44F2N4O10. The summed E-state index contributed by atoms with van der Waals surface area (Å²) in [5.74, 6) is -8.13. The zero-order chi connectivity index (χ0) is 34.3.